The molecular weight excluding hydrogens is 219 g/mol. The second kappa shape index (κ2) is 3.66. The highest BCUT2D eigenvalue weighted by molar-refractivity contribution is 5.96. The first-order valence-corrected chi connectivity index (χ1v) is 4.54. The van der Waals surface area contributed by atoms with Gasteiger partial charge in [0.2, 0.25) is 5.90 Å². The molecule has 1 aliphatic heterocycles. The molecule has 2 rings (SSSR count). The van der Waals surface area contributed by atoms with Crippen molar-refractivity contribution in [2.24, 2.45) is 4.99 Å². The Bertz CT molecular complexity index is 445. The highest BCUT2D eigenvalue weighted by Gasteiger charge is 2.30. The molecule has 2 nitrogen and oxygen atoms in total. The van der Waals surface area contributed by atoms with E-state index in [2.05, 4.69) is 11.6 Å². The third kappa shape index (κ3) is 2.08. The van der Waals surface area contributed by atoms with E-state index in [1.807, 2.05) is 0 Å². The second-order valence-electron chi connectivity index (χ2n) is 3.35. The van der Waals surface area contributed by atoms with Gasteiger partial charge in [-0.25, -0.2) is 4.99 Å². The Morgan fingerprint density at radius 1 is 1.19 bits per heavy atom. The molecule has 5 heteroatoms. The van der Waals surface area contributed by atoms with Crippen LogP contribution in [0.15, 0.2) is 41.5 Å². The Hall–Kier alpha value is -1.78. The van der Waals surface area contributed by atoms with Gasteiger partial charge in [0.1, 0.15) is 6.61 Å². The SMILES string of the molecule is C=C1COC(c2ccc(C(F)(F)F)cc2)=N1. The van der Waals surface area contributed by atoms with Crippen LogP contribution in [0.5, 0.6) is 0 Å². The fraction of sp³-hybridized carbons (Fsp3) is 0.182. The van der Waals surface area contributed by atoms with E-state index < -0.39 is 11.7 Å². The number of rotatable bonds is 1. The summed E-state index contributed by atoms with van der Waals surface area (Å²) in [5.74, 6) is 0.318. The van der Waals surface area contributed by atoms with Gasteiger partial charge in [-0.15, -0.1) is 0 Å². The summed E-state index contributed by atoms with van der Waals surface area (Å²) in [7, 11) is 0. The van der Waals surface area contributed by atoms with E-state index in [-0.39, 0.29) is 6.61 Å². The molecule has 0 aromatic heterocycles. The fourth-order valence-corrected chi connectivity index (χ4v) is 1.31. The number of nitrogens with zero attached hydrogens (tertiary/aromatic N) is 1. The topological polar surface area (TPSA) is 21.6 Å². The van der Waals surface area contributed by atoms with Crippen molar-refractivity contribution in [1.82, 2.24) is 0 Å². The fourth-order valence-electron chi connectivity index (χ4n) is 1.31. The zero-order valence-corrected chi connectivity index (χ0v) is 8.21. The number of benzene rings is 1. The van der Waals surface area contributed by atoms with Gasteiger partial charge in [-0.2, -0.15) is 13.2 Å². The first-order chi connectivity index (χ1) is 7.47. The van der Waals surface area contributed by atoms with Gasteiger partial charge in [0.25, 0.3) is 0 Å². The van der Waals surface area contributed by atoms with Crippen LogP contribution in [0.4, 0.5) is 13.2 Å². The number of hydrogen-bond donors (Lipinski definition) is 0. The molecule has 0 aliphatic carbocycles. The van der Waals surface area contributed by atoms with Crippen LogP contribution >= 0.6 is 0 Å². The maximum atomic E-state index is 12.3. The van der Waals surface area contributed by atoms with Crippen LogP contribution in [0.2, 0.25) is 0 Å². The van der Waals surface area contributed by atoms with Gasteiger partial charge in [-0.3, -0.25) is 0 Å². The molecule has 1 heterocycles. The Balaban J connectivity index is 2.27. The van der Waals surface area contributed by atoms with Crippen LogP contribution in [0.25, 0.3) is 0 Å². The van der Waals surface area contributed by atoms with Gasteiger partial charge in [0.05, 0.1) is 11.3 Å². The minimum Gasteiger partial charge on any atom is -0.471 e. The molecule has 0 atom stereocenters. The summed E-state index contributed by atoms with van der Waals surface area (Å²) < 4.78 is 42.0. The Morgan fingerprint density at radius 3 is 2.25 bits per heavy atom. The predicted molar refractivity (Wildman–Crippen MR) is 53.1 cm³/mol. The van der Waals surface area contributed by atoms with Crippen molar-refractivity contribution in [1.29, 1.82) is 0 Å². The molecule has 1 aromatic rings. The lowest BCUT2D eigenvalue weighted by molar-refractivity contribution is -0.137. The smallest absolute Gasteiger partial charge is 0.416 e. The first-order valence-electron chi connectivity index (χ1n) is 4.54. The number of ether oxygens (including phenoxy) is 1. The molecular formula is C11H8F3NO. The van der Waals surface area contributed by atoms with Crippen LogP contribution < -0.4 is 0 Å². The lowest BCUT2D eigenvalue weighted by Crippen LogP contribution is -2.06. The van der Waals surface area contributed by atoms with Crippen LogP contribution in [-0.4, -0.2) is 12.5 Å². The van der Waals surface area contributed by atoms with Gasteiger partial charge in [-0.05, 0) is 24.3 Å². The van der Waals surface area contributed by atoms with Gasteiger partial charge in [0, 0.05) is 5.56 Å². The molecule has 1 aromatic carbocycles. The molecule has 1 aliphatic rings. The van der Waals surface area contributed by atoms with E-state index in [0.29, 0.717) is 17.2 Å². The molecule has 0 spiro atoms. The summed E-state index contributed by atoms with van der Waals surface area (Å²) in [6.07, 6.45) is -4.32. The van der Waals surface area contributed by atoms with Crippen LogP contribution in [0.3, 0.4) is 0 Å². The largest absolute Gasteiger partial charge is 0.471 e. The molecule has 0 unspecified atom stereocenters. The maximum absolute atomic E-state index is 12.3. The molecule has 0 saturated heterocycles. The van der Waals surface area contributed by atoms with Gasteiger partial charge in [0.15, 0.2) is 0 Å². The monoisotopic (exact) mass is 227 g/mol. The average molecular weight is 227 g/mol. The summed E-state index contributed by atoms with van der Waals surface area (Å²) in [5.41, 5.74) is 0.398. The van der Waals surface area contributed by atoms with Gasteiger partial charge in [-0.1, -0.05) is 6.58 Å². The van der Waals surface area contributed by atoms with E-state index in [9.17, 15) is 13.2 Å². The standard InChI is InChI=1S/C11H8F3NO/c1-7-6-16-10(15-7)8-2-4-9(5-3-8)11(12,13)14/h2-5H,1,6H2. The predicted octanol–water partition coefficient (Wildman–Crippen LogP) is 3.00. The van der Waals surface area contributed by atoms with Crippen molar-refractivity contribution in [3.8, 4) is 0 Å². The van der Waals surface area contributed by atoms with Crippen molar-refractivity contribution in [2.45, 2.75) is 6.18 Å². The van der Waals surface area contributed by atoms with Crippen molar-refractivity contribution >= 4 is 5.90 Å². The summed E-state index contributed by atoms with van der Waals surface area (Å²) in [6, 6.07) is 4.67. The second-order valence-corrected chi connectivity index (χ2v) is 3.35. The third-order valence-corrected chi connectivity index (χ3v) is 2.09. The zero-order chi connectivity index (χ0) is 11.8. The molecule has 84 valence electrons. The Kier molecular flexibility index (Phi) is 2.46. The minimum absolute atomic E-state index is 0.288. The molecule has 0 fully saturated rings. The van der Waals surface area contributed by atoms with Gasteiger partial charge >= 0.3 is 6.18 Å². The quantitative estimate of drug-likeness (QED) is 0.722. The number of halogens is 3. The van der Waals surface area contributed by atoms with Crippen molar-refractivity contribution in [3.63, 3.8) is 0 Å². The Morgan fingerprint density at radius 2 is 1.81 bits per heavy atom. The highest BCUT2D eigenvalue weighted by atomic mass is 19.4. The molecule has 0 bridgehead atoms. The summed E-state index contributed by atoms with van der Waals surface area (Å²) >= 11 is 0. The normalized spacial score (nSPS) is 15.9. The maximum Gasteiger partial charge on any atom is 0.416 e. The van der Waals surface area contributed by atoms with E-state index in [0.717, 1.165) is 12.1 Å². The third-order valence-electron chi connectivity index (χ3n) is 2.09. The molecule has 0 radical (unpaired) electrons. The van der Waals surface area contributed by atoms with Crippen molar-refractivity contribution in [3.05, 3.63) is 47.7 Å². The van der Waals surface area contributed by atoms with Crippen molar-refractivity contribution in [2.75, 3.05) is 6.61 Å². The minimum atomic E-state index is -4.32. The summed E-state index contributed by atoms with van der Waals surface area (Å²) in [6.45, 7) is 3.88. The zero-order valence-electron chi connectivity index (χ0n) is 8.21. The lowest BCUT2D eigenvalue weighted by atomic mass is 10.1. The van der Waals surface area contributed by atoms with E-state index >= 15 is 0 Å². The molecule has 0 amide bonds. The van der Waals surface area contributed by atoms with Crippen molar-refractivity contribution < 1.29 is 17.9 Å². The number of alkyl halides is 3. The summed E-state index contributed by atoms with van der Waals surface area (Å²) in [4.78, 5) is 3.97. The van der Waals surface area contributed by atoms with E-state index in [1.54, 1.807) is 0 Å². The van der Waals surface area contributed by atoms with Crippen LogP contribution in [-0.2, 0) is 10.9 Å². The molecule has 0 N–H and O–H groups in total. The van der Waals surface area contributed by atoms with Gasteiger partial charge < -0.3 is 4.74 Å². The number of hydrogen-bond acceptors (Lipinski definition) is 2. The van der Waals surface area contributed by atoms with Crippen LogP contribution in [0, 0.1) is 0 Å². The average Bonchev–Trinajstić information content (AvgIpc) is 2.64. The molecule has 0 saturated carbocycles. The van der Waals surface area contributed by atoms with Crippen LogP contribution in [0.1, 0.15) is 11.1 Å². The first kappa shape index (κ1) is 10.7. The lowest BCUT2D eigenvalue weighted by Gasteiger charge is -2.07. The van der Waals surface area contributed by atoms with E-state index in [1.165, 1.54) is 12.1 Å². The van der Waals surface area contributed by atoms with E-state index in [4.69, 9.17) is 4.74 Å². The Labute approximate surface area is 90.1 Å². The molecule has 16 heavy (non-hydrogen) atoms. The number of aliphatic imine (C=N–C) groups is 1. The summed E-state index contributed by atoms with van der Waals surface area (Å²) in [5, 5.41) is 0. The highest BCUT2D eigenvalue weighted by Crippen LogP contribution is 2.29.